The lowest BCUT2D eigenvalue weighted by Crippen LogP contribution is -2.39. The van der Waals surface area contributed by atoms with Crippen LogP contribution in [0.2, 0.25) is 0 Å². The van der Waals surface area contributed by atoms with Gasteiger partial charge in [-0.05, 0) is 24.1 Å². The van der Waals surface area contributed by atoms with Gasteiger partial charge >= 0.3 is 0 Å². The smallest absolute Gasteiger partial charge is 0.253 e. The molecule has 4 N–H and O–H groups in total. The van der Waals surface area contributed by atoms with E-state index >= 15 is 0 Å². The minimum Gasteiger partial charge on any atom is -0.382 e. The monoisotopic (exact) mass is 335 g/mol. The molecule has 0 spiro atoms. The second kappa shape index (κ2) is 7.28. The summed E-state index contributed by atoms with van der Waals surface area (Å²) in [5, 5.41) is 0.493. The molecular weight excluding hydrogens is 314 g/mol. The molecule has 0 atom stereocenters. The second-order valence-electron chi connectivity index (χ2n) is 5.61. The molecule has 23 heavy (non-hydrogen) atoms. The first-order chi connectivity index (χ1) is 10.9. The Kier molecular flexibility index (Phi) is 5.39. The van der Waals surface area contributed by atoms with Crippen molar-refractivity contribution in [1.29, 1.82) is 0 Å². The summed E-state index contributed by atoms with van der Waals surface area (Å²) in [6, 6.07) is 7.67. The van der Waals surface area contributed by atoms with Crippen LogP contribution >= 0.6 is 11.6 Å². The van der Waals surface area contributed by atoms with Crippen LogP contribution in [0.4, 0.5) is 0 Å². The van der Waals surface area contributed by atoms with Crippen LogP contribution in [-0.4, -0.2) is 43.4 Å². The van der Waals surface area contributed by atoms with Crippen molar-refractivity contribution in [3.05, 3.63) is 58.1 Å². The molecule has 0 fully saturated rings. The minimum atomic E-state index is 0.00663. The van der Waals surface area contributed by atoms with Gasteiger partial charge in [0.1, 0.15) is 11.0 Å². The molecule has 7 heteroatoms. The summed E-state index contributed by atoms with van der Waals surface area (Å²) >= 11 is 5.95. The van der Waals surface area contributed by atoms with E-state index in [2.05, 4.69) is 10.9 Å². The fourth-order valence-electron chi connectivity index (χ4n) is 2.23. The van der Waals surface area contributed by atoms with Gasteiger partial charge in [-0.2, -0.15) is 0 Å². The SMILES string of the molecule is CN(C)C(=O)c1ccc(CCN(C)C2=C(N)NNC(Cl)=C2)cc1. The molecule has 6 nitrogen and oxygen atoms in total. The summed E-state index contributed by atoms with van der Waals surface area (Å²) in [5.41, 5.74) is 14.2. The number of hydrazine groups is 1. The lowest BCUT2D eigenvalue weighted by molar-refractivity contribution is 0.0827. The third kappa shape index (κ3) is 4.32. The van der Waals surface area contributed by atoms with E-state index in [1.165, 1.54) is 0 Å². The Morgan fingerprint density at radius 1 is 1.17 bits per heavy atom. The van der Waals surface area contributed by atoms with Crippen molar-refractivity contribution in [2.75, 3.05) is 27.7 Å². The molecule has 0 aliphatic carbocycles. The molecule has 0 radical (unpaired) electrons. The number of likely N-dealkylation sites (N-methyl/N-ethyl adjacent to an activating group) is 1. The quantitative estimate of drug-likeness (QED) is 0.705. The van der Waals surface area contributed by atoms with Crippen molar-refractivity contribution in [2.45, 2.75) is 6.42 Å². The summed E-state index contributed by atoms with van der Waals surface area (Å²) in [7, 11) is 5.45. The molecule has 0 aromatic heterocycles. The number of hydrogen-bond donors (Lipinski definition) is 3. The summed E-state index contributed by atoms with van der Waals surface area (Å²) < 4.78 is 0. The zero-order chi connectivity index (χ0) is 17.0. The van der Waals surface area contributed by atoms with Crippen molar-refractivity contribution in [1.82, 2.24) is 20.7 Å². The molecule has 1 heterocycles. The molecule has 1 aromatic rings. The third-order valence-electron chi connectivity index (χ3n) is 3.61. The number of carbonyl (C=O) groups is 1. The predicted molar refractivity (Wildman–Crippen MR) is 92.2 cm³/mol. The van der Waals surface area contributed by atoms with E-state index in [1.807, 2.05) is 36.2 Å². The lowest BCUT2D eigenvalue weighted by Gasteiger charge is -2.26. The van der Waals surface area contributed by atoms with Crippen LogP contribution in [0.15, 0.2) is 47.0 Å². The number of allylic oxidation sites excluding steroid dienone is 1. The molecule has 1 aromatic carbocycles. The average Bonchev–Trinajstić information content (AvgIpc) is 2.54. The Hall–Kier alpha value is -2.34. The molecule has 0 saturated heterocycles. The van der Waals surface area contributed by atoms with Gasteiger partial charge in [-0.3, -0.25) is 15.6 Å². The highest BCUT2D eigenvalue weighted by molar-refractivity contribution is 6.29. The average molecular weight is 336 g/mol. The van der Waals surface area contributed by atoms with Gasteiger partial charge in [0, 0.05) is 39.3 Å². The highest BCUT2D eigenvalue weighted by Gasteiger charge is 2.13. The fourth-order valence-corrected chi connectivity index (χ4v) is 2.38. The first-order valence-electron chi connectivity index (χ1n) is 7.29. The van der Waals surface area contributed by atoms with Crippen LogP contribution in [0.25, 0.3) is 0 Å². The van der Waals surface area contributed by atoms with E-state index in [0.29, 0.717) is 16.5 Å². The molecule has 0 bridgehead atoms. The maximum Gasteiger partial charge on any atom is 0.253 e. The molecule has 0 unspecified atom stereocenters. The normalized spacial score (nSPS) is 13.8. The fraction of sp³-hybridized carbons (Fsp3) is 0.312. The summed E-state index contributed by atoms with van der Waals surface area (Å²) in [6.07, 6.45) is 2.62. The van der Waals surface area contributed by atoms with Crippen molar-refractivity contribution in [2.24, 2.45) is 5.73 Å². The number of nitrogens with two attached hydrogens (primary N) is 1. The largest absolute Gasteiger partial charge is 0.382 e. The summed E-state index contributed by atoms with van der Waals surface area (Å²) in [6.45, 7) is 0.777. The Balaban J connectivity index is 1.97. The van der Waals surface area contributed by atoms with Crippen molar-refractivity contribution >= 4 is 17.5 Å². The van der Waals surface area contributed by atoms with Gasteiger partial charge in [-0.25, -0.2) is 0 Å². The molecular formula is C16H22ClN5O. The minimum absolute atomic E-state index is 0.00663. The van der Waals surface area contributed by atoms with Crippen LogP contribution in [-0.2, 0) is 6.42 Å². The number of nitrogens with one attached hydrogen (secondary N) is 2. The van der Waals surface area contributed by atoms with Crippen LogP contribution in [0.3, 0.4) is 0 Å². The lowest BCUT2D eigenvalue weighted by atomic mass is 10.1. The van der Waals surface area contributed by atoms with Gasteiger partial charge in [-0.15, -0.1) is 0 Å². The van der Waals surface area contributed by atoms with E-state index in [-0.39, 0.29) is 5.91 Å². The van der Waals surface area contributed by atoms with Crippen molar-refractivity contribution in [3.63, 3.8) is 0 Å². The van der Waals surface area contributed by atoms with Gasteiger partial charge in [0.25, 0.3) is 5.91 Å². The zero-order valence-corrected chi connectivity index (χ0v) is 14.3. The van der Waals surface area contributed by atoms with E-state index in [4.69, 9.17) is 17.3 Å². The number of nitrogens with zero attached hydrogens (tertiary/aromatic N) is 2. The van der Waals surface area contributed by atoms with Crippen molar-refractivity contribution < 1.29 is 4.79 Å². The molecule has 124 valence electrons. The first kappa shape index (κ1) is 17.0. The van der Waals surface area contributed by atoms with E-state index in [1.54, 1.807) is 25.1 Å². The van der Waals surface area contributed by atoms with Crippen LogP contribution < -0.4 is 16.6 Å². The number of amides is 1. The predicted octanol–water partition coefficient (Wildman–Crippen LogP) is 1.18. The van der Waals surface area contributed by atoms with E-state index in [9.17, 15) is 4.79 Å². The zero-order valence-electron chi connectivity index (χ0n) is 13.6. The maximum absolute atomic E-state index is 11.9. The summed E-state index contributed by atoms with van der Waals surface area (Å²) in [4.78, 5) is 15.5. The first-order valence-corrected chi connectivity index (χ1v) is 7.67. The van der Waals surface area contributed by atoms with Gasteiger partial charge in [0.05, 0.1) is 5.70 Å². The topological polar surface area (TPSA) is 73.6 Å². The standard InChI is InChI=1S/C16H22ClN5O/c1-21(2)16(23)12-6-4-11(5-7-12)8-9-22(3)13-10-14(17)19-20-15(13)18/h4-7,10,19-20H,8-9,18H2,1-3H3. The summed E-state index contributed by atoms with van der Waals surface area (Å²) in [5.74, 6) is 0.538. The van der Waals surface area contributed by atoms with Gasteiger partial charge in [-0.1, -0.05) is 23.7 Å². The number of benzene rings is 1. The highest BCUT2D eigenvalue weighted by Crippen LogP contribution is 2.14. The number of hydrogen-bond acceptors (Lipinski definition) is 5. The van der Waals surface area contributed by atoms with E-state index in [0.717, 1.165) is 24.2 Å². The Morgan fingerprint density at radius 3 is 2.43 bits per heavy atom. The van der Waals surface area contributed by atoms with Gasteiger partial charge < -0.3 is 15.5 Å². The van der Waals surface area contributed by atoms with Crippen LogP contribution in [0.5, 0.6) is 0 Å². The molecule has 1 aliphatic rings. The van der Waals surface area contributed by atoms with Crippen LogP contribution in [0, 0.1) is 0 Å². The Labute approximate surface area is 141 Å². The van der Waals surface area contributed by atoms with Crippen molar-refractivity contribution in [3.8, 4) is 0 Å². The van der Waals surface area contributed by atoms with Gasteiger partial charge in [0.15, 0.2) is 0 Å². The number of carbonyl (C=O) groups excluding carboxylic acids is 1. The maximum atomic E-state index is 11.9. The van der Waals surface area contributed by atoms with Crippen LogP contribution in [0.1, 0.15) is 15.9 Å². The molecule has 1 aliphatic heterocycles. The Morgan fingerprint density at radius 2 is 1.83 bits per heavy atom. The molecule has 1 amide bonds. The van der Waals surface area contributed by atoms with Gasteiger partial charge in [0.2, 0.25) is 0 Å². The Bertz CT molecular complexity index is 636. The highest BCUT2D eigenvalue weighted by atomic mass is 35.5. The second-order valence-corrected chi connectivity index (χ2v) is 6.02. The molecule has 2 rings (SSSR count). The molecule has 0 saturated carbocycles. The van der Waals surface area contributed by atoms with E-state index < -0.39 is 0 Å². The number of halogens is 1. The number of rotatable bonds is 5. The third-order valence-corrected chi connectivity index (χ3v) is 3.81.